The van der Waals surface area contributed by atoms with Gasteiger partial charge in [0.25, 0.3) is 5.91 Å². The molecule has 1 aromatic heterocycles. The summed E-state index contributed by atoms with van der Waals surface area (Å²) in [6.07, 6.45) is -2.54. The van der Waals surface area contributed by atoms with Crippen LogP contribution in [0.25, 0.3) is 11.4 Å². The minimum atomic E-state index is -1.18. The van der Waals surface area contributed by atoms with Crippen molar-refractivity contribution < 1.29 is 29.3 Å². The summed E-state index contributed by atoms with van der Waals surface area (Å²) in [6, 6.07) is 25.3. The Bertz CT molecular complexity index is 1450. The van der Waals surface area contributed by atoms with Gasteiger partial charge in [-0.1, -0.05) is 74.5 Å². The van der Waals surface area contributed by atoms with Crippen LogP contribution in [-0.4, -0.2) is 53.9 Å². The van der Waals surface area contributed by atoms with Crippen LogP contribution < -0.4 is 0 Å². The predicted molar refractivity (Wildman–Crippen MR) is 162 cm³/mol. The molecule has 0 aliphatic heterocycles. The molecule has 0 fully saturated rings. The van der Waals surface area contributed by atoms with E-state index in [-0.39, 0.29) is 36.9 Å². The summed E-state index contributed by atoms with van der Waals surface area (Å²) in [4.78, 5) is 31.9. The quantitative estimate of drug-likeness (QED) is 0.176. The van der Waals surface area contributed by atoms with Crippen LogP contribution in [0.2, 0.25) is 0 Å². The molecule has 1 heterocycles. The van der Waals surface area contributed by atoms with E-state index in [0.29, 0.717) is 30.2 Å². The van der Waals surface area contributed by atoms with Crippen LogP contribution in [0.3, 0.4) is 0 Å². The first-order chi connectivity index (χ1) is 20.6. The molecule has 0 radical (unpaired) electrons. The number of aliphatic carboxylic acids is 1. The zero-order chi connectivity index (χ0) is 30.9. The van der Waals surface area contributed by atoms with Crippen molar-refractivity contribution in [2.75, 3.05) is 0 Å². The highest BCUT2D eigenvalue weighted by Gasteiger charge is 2.29. The molecular formula is C34H38FN3O5. The molecule has 0 saturated heterocycles. The third-order valence-electron chi connectivity index (χ3n) is 7.22. The van der Waals surface area contributed by atoms with Crippen molar-refractivity contribution in [1.29, 1.82) is 0 Å². The minimum Gasteiger partial charge on any atom is -0.481 e. The largest absolute Gasteiger partial charge is 0.481 e. The fourth-order valence-corrected chi connectivity index (χ4v) is 5.21. The normalized spacial score (nSPS) is 12.7. The van der Waals surface area contributed by atoms with Gasteiger partial charge in [0.2, 0.25) is 0 Å². The maximum Gasteiger partial charge on any atom is 0.305 e. The lowest BCUT2D eigenvalue weighted by atomic mass is 10.0. The highest BCUT2D eigenvalue weighted by Crippen LogP contribution is 2.30. The molecular weight excluding hydrogens is 549 g/mol. The first kappa shape index (κ1) is 31.6. The molecule has 226 valence electrons. The van der Waals surface area contributed by atoms with Crippen molar-refractivity contribution in [2.45, 2.75) is 70.9 Å². The van der Waals surface area contributed by atoms with E-state index < -0.39 is 30.4 Å². The van der Waals surface area contributed by atoms with Crippen LogP contribution in [0.15, 0.2) is 84.9 Å². The topological polar surface area (TPSA) is 116 Å². The zero-order valence-corrected chi connectivity index (χ0v) is 24.4. The number of carboxylic acids is 1. The number of carbonyl (C=O) groups excluding carboxylic acids is 1. The molecule has 0 saturated carbocycles. The second kappa shape index (κ2) is 14.7. The van der Waals surface area contributed by atoms with Gasteiger partial charge < -0.3 is 24.8 Å². The average Bonchev–Trinajstić information content (AvgIpc) is 3.36. The smallest absolute Gasteiger partial charge is 0.305 e. The summed E-state index contributed by atoms with van der Waals surface area (Å²) < 4.78 is 15.7. The highest BCUT2D eigenvalue weighted by molar-refractivity contribution is 5.94. The summed E-state index contributed by atoms with van der Waals surface area (Å²) in [7, 11) is 0. The van der Waals surface area contributed by atoms with Crippen LogP contribution in [0, 0.1) is 5.82 Å². The fraction of sp³-hybridized carbons (Fsp3) is 0.324. The van der Waals surface area contributed by atoms with Gasteiger partial charge in [-0.3, -0.25) is 9.59 Å². The molecule has 4 aromatic rings. The molecule has 0 bridgehead atoms. The van der Waals surface area contributed by atoms with Crippen molar-refractivity contribution in [1.82, 2.24) is 14.5 Å². The van der Waals surface area contributed by atoms with Crippen molar-refractivity contribution >= 4 is 11.9 Å². The highest BCUT2D eigenvalue weighted by atomic mass is 19.1. The number of aliphatic hydroxyl groups excluding tert-OH is 2. The Labute approximate surface area is 251 Å². The van der Waals surface area contributed by atoms with E-state index in [1.54, 1.807) is 17.0 Å². The van der Waals surface area contributed by atoms with E-state index in [9.17, 15) is 24.2 Å². The van der Waals surface area contributed by atoms with Crippen molar-refractivity contribution in [3.05, 3.63) is 113 Å². The Hall–Kier alpha value is -4.34. The second-order valence-electron chi connectivity index (χ2n) is 11.0. The van der Waals surface area contributed by atoms with Gasteiger partial charge in [0.15, 0.2) is 5.69 Å². The zero-order valence-electron chi connectivity index (χ0n) is 24.4. The number of imidazole rings is 1. The number of aromatic nitrogens is 2. The van der Waals surface area contributed by atoms with Crippen molar-refractivity contribution in [3.63, 3.8) is 0 Å². The maximum absolute atomic E-state index is 14.4. The first-order valence-electron chi connectivity index (χ1n) is 14.4. The molecule has 0 unspecified atom stereocenters. The van der Waals surface area contributed by atoms with Crippen LogP contribution in [-0.2, 0) is 24.4 Å². The number of nitrogens with zero attached hydrogens (tertiary/aromatic N) is 3. The maximum atomic E-state index is 14.4. The summed E-state index contributed by atoms with van der Waals surface area (Å²) in [5, 5.41) is 29.6. The van der Waals surface area contributed by atoms with Gasteiger partial charge in [-0.2, -0.15) is 0 Å². The number of hydrogen-bond acceptors (Lipinski definition) is 5. The molecule has 8 nitrogen and oxygen atoms in total. The Morgan fingerprint density at radius 1 is 0.860 bits per heavy atom. The number of rotatable bonds is 14. The minimum absolute atomic E-state index is 0.0996. The molecule has 43 heavy (non-hydrogen) atoms. The molecule has 1 amide bonds. The van der Waals surface area contributed by atoms with Gasteiger partial charge in [-0.05, 0) is 54.2 Å². The third kappa shape index (κ3) is 8.59. The lowest BCUT2D eigenvalue weighted by Gasteiger charge is -2.24. The molecule has 0 aliphatic rings. The Kier molecular flexibility index (Phi) is 10.8. The molecule has 3 N–H and O–H groups in total. The molecule has 0 aliphatic carbocycles. The summed E-state index contributed by atoms with van der Waals surface area (Å²) >= 11 is 0. The third-order valence-corrected chi connectivity index (χ3v) is 7.22. The first-order valence-corrected chi connectivity index (χ1v) is 14.4. The van der Waals surface area contributed by atoms with E-state index >= 15 is 0 Å². The second-order valence-corrected chi connectivity index (χ2v) is 11.0. The Balaban J connectivity index is 1.73. The van der Waals surface area contributed by atoms with Crippen molar-refractivity contribution in [2.24, 2.45) is 0 Å². The van der Waals surface area contributed by atoms with E-state index in [1.165, 1.54) is 12.1 Å². The van der Waals surface area contributed by atoms with E-state index in [4.69, 9.17) is 10.1 Å². The number of amides is 1. The lowest BCUT2D eigenvalue weighted by molar-refractivity contribution is -0.139. The number of carbonyl (C=O) groups is 2. The van der Waals surface area contributed by atoms with Crippen LogP contribution in [0.1, 0.15) is 66.3 Å². The standard InChI is InChI=1S/C34H38FN3O5/c1-23(2)32-31(34(43)37(21-24-9-5-3-6-10-24)22-25-11-7-4-8-12-25)36-33(26-13-15-27(35)16-14-26)38(32)18-17-28(39)19-29(40)20-30(41)42/h3-16,23,28-29,39-40H,17-22H2,1-2H3,(H,41,42)/t28-,29-/m1/s1. The van der Waals surface area contributed by atoms with E-state index in [0.717, 1.165) is 11.1 Å². The SMILES string of the molecule is CC(C)c1c(C(=O)N(Cc2ccccc2)Cc2ccccc2)nc(-c2ccc(F)cc2)n1CC[C@@H](O)C[C@@H](O)CC(=O)O. The number of halogens is 1. The fourth-order valence-electron chi connectivity index (χ4n) is 5.21. The van der Waals surface area contributed by atoms with Gasteiger partial charge in [0, 0.05) is 25.2 Å². The van der Waals surface area contributed by atoms with Gasteiger partial charge >= 0.3 is 5.97 Å². The average molecular weight is 588 g/mol. The predicted octanol–water partition coefficient (Wildman–Crippen LogP) is 5.63. The summed E-state index contributed by atoms with van der Waals surface area (Å²) in [5.74, 6) is -1.47. The van der Waals surface area contributed by atoms with E-state index in [1.807, 2.05) is 79.1 Å². The summed E-state index contributed by atoms with van der Waals surface area (Å²) in [5.41, 5.74) is 3.51. The number of benzene rings is 3. The number of carboxylic acid groups (broad SMARTS) is 1. The molecule has 2 atom stereocenters. The van der Waals surface area contributed by atoms with Crippen molar-refractivity contribution in [3.8, 4) is 11.4 Å². The molecule has 4 rings (SSSR count). The molecule has 3 aromatic carbocycles. The monoisotopic (exact) mass is 587 g/mol. The molecule has 9 heteroatoms. The Morgan fingerprint density at radius 2 is 1.42 bits per heavy atom. The van der Waals surface area contributed by atoms with Crippen LogP contribution >= 0.6 is 0 Å². The van der Waals surface area contributed by atoms with Gasteiger partial charge in [-0.15, -0.1) is 0 Å². The lowest BCUT2D eigenvalue weighted by Crippen LogP contribution is -2.31. The molecule has 0 spiro atoms. The summed E-state index contributed by atoms with van der Waals surface area (Å²) in [6.45, 7) is 4.91. The van der Waals surface area contributed by atoms with Crippen LogP contribution in [0.4, 0.5) is 4.39 Å². The number of hydrogen-bond donors (Lipinski definition) is 3. The van der Waals surface area contributed by atoms with Gasteiger partial charge in [0.1, 0.15) is 11.6 Å². The van der Waals surface area contributed by atoms with Crippen LogP contribution in [0.5, 0.6) is 0 Å². The van der Waals surface area contributed by atoms with E-state index in [2.05, 4.69) is 0 Å². The van der Waals surface area contributed by atoms with Gasteiger partial charge in [-0.25, -0.2) is 9.37 Å². The van der Waals surface area contributed by atoms with Gasteiger partial charge in [0.05, 0.1) is 24.3 Å². The Morgan fingerprint density at radius 3 is 1.93 bits per heavy atom. The number of aliphatic hydroxyl groups is 2.